The van der Waals surface area contributed by atoms with Crippen LogP contribution in [0, 0.1) is 10.1 Å². The van der Waals surface area contributed by atoms with Gasteiger partial charge in [0.05, 0.1) is 16.3 Å². The van der Waals surface area contributed by atoms with E-state index in [4.69, 9.17) is 4.74 Å². The molecule has 1 aromatic rings. The van der Waals surface area contributed by atoms with Crippen LogP contribution >= 0.6 is 15.9 Å². The van der Waals surface area contributed by atoms with Crippen molar-refractivity contribution in [2.24, 2.45) is 0 Å². The Balaban J connectivity index is 2.01. The monoisotopic (exact) mass is 384 g/mol. The van der Waals surface area contributed by atoms with E-state index in [1.165, 1.54) is 12.1 Å². The van der Waals surface area contributed by atoms with E-state index in [1.807, 2.05) is 6.92 Å². The molecule has 7 nitrogen and oxygen atoms in total. The van der Waals surface area contributed by atoms with Crippen LogP contribution in [-0.4, -0.2) is 33.8 Å². The lowest BCUT2D eigenvalue weighted by Gasteiger charge is -2.18. The number of rotatable bonds is 7. The Bertz CT molecular complexity index is 613. The maximum Gasteiger partial charge on any atom is 0.408 e. The summed E-state index contributed by atoms with van der Waals surface area (Å²) in [6, 6.07) is 5.14. The topological polar surface area (TPSA) is 98.5 Å². The summed E-state index contributed by atoms with van der Waals surface area (Å²) < 4.78 is 5.26. The molecule has 2 rings (SSSR count). The summed E-state index contributed by atoms with van der Waals surface area (Å²) in [5.41, 5.74) is 0.276. The predicted octanol–water partition coefficient (Wildman–Crippen LogP) is 2.75. The first-order valence-electron chi connectivity index (χ1n) is 7.14. The molecular formula is C15H17BrN2O5. The van der Waals surface area contributed by atoms with E-state index in [9.17, 15) is 19.7 Å². The number of nitro groups is 1. The van der Waals surface area contributed by atoms with Gasteiger partial charge in [0.15, 0.2) is 5.78 Å². The van der Waals surface area contributed by atoms with Crippen molar-refractivity contribution in [1.82, 2.24) is 5.32 Å². The minimum atomic E-state index is -0.745. The summed E-state index contributed by atoms with van der Waals surface area (Å²) in [7, 11) is 0. The molecule has 0 aliphatic heterocycles. The van der Waals surface area contributed by atoms with Gasteiger partial charge in [-0.2, -0.15) is 0 Å². The van der Waals surface area contributed by atoms with Crippen LogP contribution in [-0.2, 0) is 16.0 Å². The number of nitrogens with zero attached hydrogens (tertiary/aromatic N) is 1. The zero-order chi connectivity index (χ0) is 17.0. The highest BCUT2D eigenvalue weighted by Crippen LogP contribution is 2.38. The third-order valence-corrected chi connectivity index (χ3v) is 4.25. The van der Waals surface area contributed by atoms with Crippen molar-refractivity contribution in [3.8, 4) is 0 Å². The second-order valence-electron chi connectivity index (χ2n) is 5.76. The molecule has 1 aliphatic rings. The highest BCUT2D eigenvalue weighted by Gasteiger charge is 2.42. The van der Waals surface area contributed by atoms with Gasteiger partial charge in [0.1, 0.15) is 5.60 Å². The van der Waals surface area contributed by atoms with Crippen molar-refractivity contribution in [3.63, 3.8) is 0 Å². The molecule has 0 bridgehead atoms. The minimum Gasteiger partial charge on any atom is -0.443 e. The van der Waals surface area contributed by atoms with Crippen LogP contribution in [0.5, 0.6) is 0 Å². The van der Waals surface area contributed by atoms with Gasteiger partial charge >= 0.3 is 6.09 Å². The average Bonchev–Trinajstić information content (AvgIpc) is 3.23. The first-order valence-corrected chi connectivity index (χ1v) is 8.27. The Labute approximate surface area is 141 Å². The van der Waals surface area contributed by atoms with Gasteiger partial charge in [-0.15, -0.1) is 0 Å². The van der Waals surface area contributed by atoms with Crippen molar-refractivity contribution in [3.05, 3.63) is 39.9 Å². The van der Waals surface area contributed by atoms with E-state index < -0.39 is 22.7 Å². The molecule has 1 amide bonds. The van der Waals surface area contributed by atoms with E-state index in [1.54, 1.807) is 12.1 Å². The fraction of sp³-hybridized carbons (Fsp3) is 0.467. The highest BCUT2D eigenvalue weighted by molar-refractivity contribution is 9.09. The van der Waals surface area contributed by atoms with E-state index in [0.29, 0.717) is 5.56 Å². The molecule has 0 unspecified atom stereocenters. The maximum atomic E-state index is 12.0. The summed E-state index contributed by atoms with van der Waals surface area (Å²) in [5.74, 6) is -0.193. The predicted molar refractivity (Wildman–Crippen MR) is 86.6 cm³/mol. The van der Waals surface area contributed by atoms with Crippen LogP contribution in [0.25, 0.3) is 0 Å². The number of halogens is 1. The number of non-ortho nitro benzene ring substituents is 1. The third-order valence-electron chi connectivity index (χ3n) is 3.69. The van der Waals surface area contributed by atoms with Gasteiger partial charge in [0, 0.05) is 12.1 Å². The molecule has 0 aromatic heterocycles. The molecule has 1 atom stereocenters. The molecule has 1 fully saturated rings. The Morgan fingerprint density at radius 2 is 2.00 bits per heavy atom. The number of amides is 1. The number of benzene rings is 1. The number of hydrogen-bond acceptors (Lipinski definition) is 5. The molecule has 0 spiro atoms. The number of nitrogens with one attached hydrogen (secondary N) is 1. The molecule has 1 N–H and O–H groups in total. The first kappa shape index (κ1) is 17.4. The number of ether oxygens (including phenoxy) is 1. The van der Waals surface area contributed by atoms with Crippen LogP contribution in [0.2, 0.25) is 0 Å². The van der Waals surface area contributed by atoms with Crippen LogP contribution in [0.4, 0.5) is 10.5 Å². The summed E-state index contributed by atoms with van der Waals surface area (Å²) in [4.78, 5) is 34.0. The van der Waals surface area contributed by atoms with E-state index in [2.05, 4.69) is 21.2 Å². The zero-order valence-corrected chi connectivity index (χ0v) is 14.2. The van der Waals surface area contributed by atoms with Gasteiger partial charge in [0.25, 0.3) is 5.69 Å². The van der Waals surface area contributed by atoms with Crippen molar-refractivity contribution in [2.75, 3.05) is 5.33 Å². The normalized spacial score (nSPS) is 16.3. The Hall–Kier alpha value is -1.96. The lowest BCUT2D eigenvalue weighted by atomic mass is 10.0. The third kappa shape index (κ3) is 5.02. The number of carbonyl (C=O) groups excluding carboxylic acids is 2. The van der Waals surface area contributed by atoms with Gasteiger partial charge < -0.3 is 10.1 Å². The van der Waals surface area contributed by atoms with Gasteiger partial charge in [-0.1, -0.05) is 28.1 Å². The standard InChI is InChI=1S/C15H17BrN2O5/c1-15(6-7-15)23-14(20)17-12(13(19)9-16)8-10-2-4-11(5-3-10)18(21)22/h2-5,12H,6-9H2,1H3,(H,17,20)/t12-/m0/s1. The van der Waals surface area contributed by atoms with E-state index in [-0.39, 0.29) is 23.2 Å². The number of hydrogen-bond donors (Lipinski definition) is 1. The SMILES string of the molecule is CC1(OC(=O)N[C@@H](Cc2ccc([N+](=O)[O-])cc2)C(=O)CBr)CC1. The fourth-order valence-electron chi connectivity index (χ4n) is 2.00. The maximum absolute atomic E-state index is 12.0. The lowest BCUT2D eigenvalue weighted by molar-refractivity contribution is -0.384. The van der Waals surface area contributed by atoms with Crippen LogP contribution < -0.4 is 5.32 Å². The molecule has 0 radical (unpaired) electrons. The Morgan fingerprint density at radius 3 is 2.48 bits per heavy atom. The van der Waals surface area contributed by atoms with Crippen LogP contribution in [0.15, 0.2) is 24.3 Å². The quantitative estimate of drug-likeness (QED) is 0.442. The smallest absolute Gasteiger partial charge is 0.408 e. The zero-order valence-electron chi connectivity index (χ0n) is 12.6. The average molecular weight is 385 g/mol. The van der Waals surface area contributed by atoms with E-state index in [0.717, 1.165) is 12.8 Å². The van der Waals surface area contributed by atoms with Gasteiger partial charge in [-0.25, -0.2) is 4.79 Å². The van der Waals surface area contributed by atoms with Crippen LogP contribution in [0.1, 0.15) is 25.3 Å². The van der Waals surface area contributed by atoms with Crippen molar-refractivity contribution in [1.29, 1.82) is 0 Å². The number of carbonyl (C=O) groups is 2. The molecule has 0 saturated heterocycles. The largest absolute Gasteiger partial charge is 0.443 e. The lowest BCUT2D eigenvalue weighted by Crippen LogP contribution is -2.44. The summed E-state index contributed by atoms with van der Waals surface area (Å²) in [6.45, 7) is 1.84. The van der Waals surface area contributed by atoms with Crippen molar-refractivity contribution < 1.29 is 19.2 Å². The molecule has 1 aromatic carbocycles. The number of Topliss-reactive ketones (excluding diaryl/α,β-unsaturated/α-hetero) is 1. The van der Waals surface area contributed by atoms with Crippen molar-refractivity contribution >= 4 is 33.5 Å². The van der Waals surface area contributed by atoms with E-state index >= 15 is 0 Å². The first-order chi connectivity index (χ1) is 10.8. The van der Waals surface area contributed by atoms with Crippen molar-refractivity contribution in [2.45, 2.75) is 37.8 Å². The molecule has 23 heavy (non-hydrogen) atoms. The van der Waals surface area contributed by atoms with Gasteiger partial charge in [-0.05, 0) is 31.7 Å². The fourth-order valence-corrected chi connectivity index (χ4v) is 2.39. The number of alkyl halides is 1. The Kier molecular flexibility index (Phi) is 5.35. The summed E-state index contributed by atoms with van der Waals surface area (Å²) >= 11 is 3.09. The second-order valence-corrected chi connectivity index (χ2v) is 6.32. The summed E-state index contributed by atoms with van der Waals surface area (Å²) in [5, 5.41) is 13.3. The molecule has 0 heterocycles. The minimum absolute atomic E-state index is 0.0221. The Morgan fingerprint density at radius 1 is 1.39 bits per heavy atom. The van der Waals surface area contributed by atoms with Crippen LogP contribution in [0.3, 0.4) is 0 Å². The second kappa shape index (κ2) is 7.08. The molecule has 8 heteroatoms. The molecule has 124 valence electrons. The number of alkyl carbamates (subject to hydrolysis) is 1. The van der Waals surface area contributed by atoms with Gasteiger partial charge in [-0.3, -0.25) is 14.9 Å². The molecule has 1 saturated carbocycles. The van der Waals surface area contributed by atoms with Gasteiger partial charge in [0.2, 0.25) is 0 Å². The summed E-state index contributed by atoms with van der Waals surface area (Å²) in [6.07, 6.45) is 1.26. The number of ketones is 1. The molecular weight excluding hydrogens is 368 g/mol. The highest BCUT2D eigenvalue weighted by atomic mass is 79.9. The number of nitro benzene ring substituents is 1. The molecule has 1 aliphatic carbocycles.